The zero-order valence-corrected chi connectivity index (χ0v) is 10.6. The highest BCUT2D eigenvalue weighted by Crippen LogP contribution is 2.30. The number of piperidine rings is 1. The van der Waals surface area contributed by atoms with Gasteiger partial charge in [0.05, 0.1) is 0 Å². The summed E-state index contributed by atoms with van der Waals surface area (Å²) >= 11 is 0. The van der Waals surface area contributed by atoms with Crippen LogP contribution in [-0.2, 0) is 0 Å². The van der Waals surface area contributed by atoms with Crippen LogP contribution in [0.1, 0.15) is 53.9 Å². The van der Waals surface area contributed by atoms with Crippen molar-refractivity contribution in [2.45, 2.75) is 66.0 Å². The second-order valence-electron chi connectivity index (χ2n) is 5.44. The predicted molar refractivity (Wildman–Crippen MR) is 63.5 cm³/mol. The molecule has 0 spiro atoms. The molecule has 0 aliphatic carbocycles. The third-order valence-corrected chi connectivity index (χ3v) is 3.81. The normalized spacial score (nSPS) is 30.2. The first-order valence-corrected chi connectivity index (χ1v) is 6.32. The quantitative estimate of drug-likeness (QED) is 0.669. The van der Waals surface area contributed by atoms with E-state index in [1.807, 2.05) is 0 Å². The van der Waals surface area contributed by atoms with Crippen LogP contribution in [0.2, 0.25) is 0 Å². The van der Waals surface area contributed by atoms with Crippen LogP contribution < -0.4 is 0 Å². The fourth-order valence-electron chi connectivity index (χ4n) is 2.76. The molecule has 0 radical (unpaired) electrons. The maximum atomic E-state index is 2.71. The summed E-state index contributed by atoms with van der Waals surface area (Å²) in [5.41, 5.74) is 0. The van der Waals surface area contributed by atoms with Gasteiger partial charge in [0.25, 0.3) is 0 Å². The van der Waals surface area contributed by atoms with E-state index in [2.05, 4.69) is 39.5 Å². The predicted octanol–water partition coefficient (Wildman–Crippen LogP) is 3.54. The molecule has 0 bridgehead atoms. The molecule has 0 aromatic heterocycles. The lowest BCUT2D eigenvalue weighted by Gasteiger charge is -2.44. The Bertz CT molecular complexity index is 163. The van der Waals surface area contributed by atoms with E-state index in [1.54, 1.807) is 0 Å². The lowest BCUT2D eigenvalue weighted by molar-refractivity contribution is 0.0528. The first-order valence-electron chi connectivity index (χ1n) is 6.32. The highest BCUT2D eigenvalue weighted by atomic mass is 15.2. The summed E-state index contributed by atoms with van der Waals surface area (Å²) in [4.78, 5) is 2.71. The fourth-order valence-corrected chi connectivity index (χ4v) is 2.76. The van der Waals surface area contributed by atoms with Gasteiger partial charge in [-0.25, -0.2) is 0 Å². The van der Waals surface area contributed by atoms with Crippen LogP contribution in [0.25, 0.3) is 0 Å². The molecule has 1 nitrogen and oxygen atoms in total. The Hall–Kier alpha value is -0.0400. The highest BCUT2D eigenvalue weighted by Gasteiger charge is 2.30. The minimum atomic E-state index is 0.722. The molecule has 0 saturated carbocycles. The van der Waals surface area contributed by atoms with Gasteiger partial charge in [0.2, 0.25) is 0 Å². The van der Waals surface area contributed by atoms with Gasteiger partial charge in [0.15, 0.2) is 0 Å². The summed E-state index contributed by atoms with van der Waals surface area (Å²) in [6.07, 6.45) is 4.21. The number of hydrogen-bond donors (Lipinski definition) is 0. The minimum Gasteiger partial charge on any atom is -0.298 e. The largest absolute Gasteiger partial charge is 0.298 e. The van der Waals surface area contributed by atoms with Crippen molar-refractivity contribution >= 4 is 0 Å². The van der Waals surface area contributed by atoms with E-state index >= 15 is 0 Å². The van der Waals surface area contributed by atoms with Crippen molar-refractivity contribution in [2.24, 2.45) is 11.8 Å². The van der Waals surface area contributed by atoms with Crippen molar-refractivity contribution in [3.05, 3.63) is 0 Å². The number of nitrogens with zero attached hydrogens (tertiary/aromatic N) is 1. The van der Waals surface area contributed by atoms with Crippen LogP contribution in [0.3, 0.4) is 0 Å². The topological polar surface area (TPSA) is 3.24 Å². The van der Waals surface area contributed by atoms with Gasteiger partial charge in [-0.3, -0.25) is 4.90 Å². The van der Waals surface area contributed by atoms with Gasteiger partial charge in [0, 0.05) is 12.1 Å². The Morgan fingerprint density at radius 1 is 1.21 bits per heavy atom. The van der Waals surface area contributed by atoms with E-state index in [1.165, 1.54) is 25.8 Å². The van der Waals surface area contributed by atoms with Crippen molar-refractivity contribution < 1.29 is 0 Å². The van der Waals surface area contributed by atoms with Crippen molar-refractivity contribution in [1.82, 2.24) is 4.90 Å². The molecule has 14 heavy (non-hydrogen) atoms. The molecule has 0 aromatic carbocycles. The molecule has 2 atom stereocenters. The maximum Gasteiger partial charge on any atom is 0.0124 e. The van der Waals surface area contributed by atoms with E-state index in [4.69, 9.17) is 0 Å². The molecule has 1 rings (SSSR count). The van der Waals surface area contributed by atoms with Gasteiger partial charge >= 0.3 is 0 Å². The zero-order valence-electron chi connectivity index (χ0n) is 10.6. The number of likely N-dealkylation sites (tertiary alicyclic amines) is 1. The molecular formula is C13H27N. The van der Waals surface area contributed by atoms with Crippen LogP contribution in [0.4, 0.5) is 0 Å². The summed E-state index contributed by atoms with van der Waals surface area (Å²) < 4.78 is 0. The smallest absolute Gasteiger partial charge is 0.0124 e. The van der Waals surface area contributed by atoms with Crippen LogP contribution in [0.5, 0.6) is 0 Å². The molecule has 0 N–H and O–H groups in total. The van der Waals surface area contributed by atoms with Gasteiger partial charge in [0.1, 0.15) is 0 Å². The first kappa shape index (κ1) is 12.0. The van der Waals surface area contributed by atoms with E-state index in [0.717, 1.165) is 23.9 Å². The van der Waals surface area contributed by atoms with Crippen LogP contribution in [-0.4, -0.2) is 23.5 Å². The maximum absolute atomic E-state index is 2.71. The third kappa shape index (κ3) is 2.73. The SMILES string of the molecule is CCC1CCN(C(C)C)C(C(C)C)C1. The van der Waals surface area contributed by atoms with E-state index in [-0.39, 0.29) is 0 Å². The molecule has 0 amide bonds. The van der Waals surface area contributed by atoms with Crippen molar-refractivity contribution in [2.75, 3.05) is 6.54 Å². The molecule has 1 fully saturated rings. The van der Waals surface area contributed by atoms with Crippen molar-refractivity contribution in [3.63, 3.8) is 0 Å². The Balaban J connectivity index is 2.60. The second-order valence-corrected chi connectivity index (χ2v) is 5.44. The molecule has 1 heterocycles. The molecule has 0 aromatic rings. The lowest BCUT2D eigenvalue weighted by Crippen LogP contribution is -2.48. The number of hydrogen-bond acceptors (Lipinski definition) is 1. The van der Waals surface area contributed by atoms with E-state index in [9.17, 15) is 0 Å². The fraction of sp³-hybridized carbons (Fsp3) is 1.00. The van der Waals surface area contributed by atoms with Gasteiger partial charge in [-0.15, -0.1) is 0 Å². The molecule has 1 aliphatic heterocycles. The van der Waals surface area contributed by atoms with Gasteiger partial charge in [-0.2, -0.15) is 0 Å². The highest BCUT2D eigenvalue weighted by molar-refractivity contribution is 4.84. The third-order valence-electron chi connectivity index (χ3n) is 3.81. The molecule has 1 heteroatoms. The summed E-state index contributed by atoms with van der Waals surface area (Å²) in [6.45, 7) is 13.1. The van der Waals surface area contributed by atoms with E-state index in [0.29, 0.717) is 0 Å². The lowest BCUT2D eigenvalue weighted by atomic mass is 9.83. The van der Waals surface area contributed by atoms with E-state index < -0.39 is 0 Å². The second kappa shape index (κ2) is 5.16. The number of rotatable bonds is 3. The molecule has 1 aliphatic rings. The average Bonchev–Trinajstić information content (AvgIpc) is 2.16. The standard InChI is InChI=1S/C13H27N/c1-6-12-7-8-14(11(4)5)13(9-12)10(2)3/h10-13H,6-9H2,1-5H3. The summed E-state index contributed by atoms with van der Waals surface area (Å²) in [7, 11) is 0. The van der Waals surface area contributed by atoms with Crippen molar-refractivity contribution in [1.29, 1.82) is 0 Å². The molecule has 2 unspecified atom stereocenters. The monoisotopic (exact) mass is 197 g/mol. The Morgan fingerprint density at radius 2 is 1.86 bits per heavy atom. The summed E-state index contributed by atoms with van der Waals surface area (Å²) in [5, 5.41) is 0. The summed E-state index contributed by atoms with van der Waals surface area (Å²) in [6, 6.07) is 1.55. The Morgan fingerprint density at radius 3 is 2.29 bits per heavy atom. The first-order chi connectivity index (χ1) is 6.56. The Kier molecular flexibility index (Phi) is 4.43. The molecular weight excluding hydrogens is 170 g/mol. The summed E-state index contributed by atoms with van der Waals surface area (Å²) in [5.74, 6) is 1.80. The van der Waals surface area contributed by atoms with Crippen LogP contribution in [0, 0.1) is 11.8 Å². The zero-order chi connectivity index (χ0) is 10.7. The van der Waals surface area contributed by atoms with Crippen LogP contribution >= 0.6 is 0 Å². The van der Waals surface area contributed by atoms with Gasteiger partial charge in [-0.1, -0.05) is 27.2 Å². The average molecular weight is 197 g/mol. The molecule has 1 saturated heterocycles. The minimum absolute atomic E-state index is 0.722. The van der Waals surface area contributed by atoms with Gasteiger partial charge < -0.3 is 0 Å². The van der Waals surface area contributed by atoms with Crippen LogP contribution in [0.15, 0.2) is 0 Å². The van der Waals surface area contributed by atoms with Crippen molar-refractivity contribution in [3.8, 4) is 0 Å². The molecule has 84 valence electrons. The Labute approximate surface area is 89.9 Å². The van der Waals surface area contributed by atoms with Gasteiger partial charge in [-0.05, 0) is 45.1 Å².